The van der Waals surface area contributed by atoms with Crippen molar-refractivity contribution in [2.24, 2.45) is 0 Å². The number of nitrogens with zero attached hydrogens (tertiary/aromatic N) is 2. The van der Waals surface area contributed by atoms with Crippen LogP contribution in [0, 0.1) is 0 Å². The molecule has 0 bridgehead atoms. The van der Waals surface area contributed by atoms with Crippen molar-refractivity contribution in [2.75, 3.05) is 20.2 Å². The molecular formula is C14H24N2O3. The zero-order valence-electron chi connectivity index (χ0n) is 11.7. The minimum atomic E-state index is -0.710. The summed E-state index contributed by atoms with van der Waals surface area (Å²) in [6.07, 6.45) is 6.61. The third-order valence-electron chi connectivity index (χ3n) is 4.96. The van der Waals surface area contributed by atoms with Gasteiger partial charge in [-0.1, -0.05) is 19.3 Å². The van der Waals surface area contributed by atoms with Gasteiger partial charge in [-0.2, -0.15) is 0 Å². The molecule has 3 rings (SSSR count). The lowest BCUT2D eigenvalue weighted by Gasteiger charge is -2.45. The normalized spacial score (nSPS) is 35.2. The molecule has 0 aromatic heterocycles. The van der Waals surface area contributed by atoms with Gasteiger partial charge < -0.3 is 19.6 Å². The second-order valence-corrected chi connectivity index (χ2v) is 6.30. The Balaban J connectivity index is 1.84. The smallest absolute Gasteiger partial charge is 0.320 e. The molecule has 3 fully saturated rings. The van der Waals surface area contributed by atoms with Crippen LogP contribution in [0.15, 0.2) is 0 Å². The SMILES string of the molecule is CN1CC2(CCCCC2)N(C2CCOC(O)C2)C1=O. The first-order valence-corrected chi connectivity index (χ1v) is 7.46. The highest BCUT2D eigenvalue weighted by atomic mass is 16.6. The van der Waals surface area contributed by atoms with Crippen molar-refractivity contribution >= 4 is 6.03 Å². The lowest BCUT2D eigenvalue weighted by atomic mass is 9.80. The van der Waals surface area contributed by atoms with Crippen LogP contribution in [-0.2, 0) is 4.74 Å². The largest absolute Gasteiger partial charge is 0.368 e. The average Bonchev–Trinajstić information content (AvgIpc) is 2.62. The molecular weight excluding hydrogens is 244 g/mol. The van der Waals surface area contributed by atoms with Crippen molar-refractivity contribution in [3.8, 4) is 0 Å². The highest BCUT2D eigenvalue weighted by molar-refractivity contribution is 5.78. The molecule has 0 aromatic rings. The van der Waals surface area contributed by atoms with Crippen molar-refractivity contribution in [3.63, 3.8) is 0 Å². The fourth-order valence-electron chi connectivity index (χ4n) is 4.12. The van der Waals surface area contributed by atoms with Crippen LogP contribution >= 0.6 is 0 Å². The summed E-state index contributed by atoms with van der Waals surface area (Å²) in [6, 6.07) is 0.278. The molecule has 1 saturated carbocycles. The number of urea groups is 1. The number of carbonyl (C=O) groups excluding carboxylic acids is 1. The molecule has 1 N–H and O–H groups in total. The number of aliphatic hydroxyl groups is 1. The summed E-state index contributed by atoms with van der Waals surface area (Å²) in [4.78, 5) is 16.5. The first kappa shape index (κ1) is 13.2. The number of aliphatic hydroxyl groups excluding tert-OH is 1. The van der Waals surface area contributed by atoms with Crippen molar-refractivity contribution in [1.29, 1.82) is 0 Å². The molecule has 2 saturated heterocycles. The van der Waals surface area contributed by atoms with Crippen LogP contribution in [0.4, 0.5) is 4.79 Å². The van der Waals surface area contributed by atoms with Crippen LogP contribution in [0.2, 0.25) is 0 Å². The van der Waals surface area contributed by atoms with Gasteiger partial charge in [0, 0.05) is 26.1 Å². The van der Waals surface area contributed by atoms with Crippen molar-refractivity contribution in [2.45, 2.75) is 62.8 Å². The van der Waals surface area contributed by atoms with E-state index in [0.717, 1.165) is 25.8 Å². The maximum absolute atomic E-state index is 12.5. The van der Waals surface area contributed by atoms with Gasteiger partial charge in [0.2, 0.25) is 0 Å². The van der Waals surface area contributed by atoms with Crippen molar-refractivity contribution in [1.82, 2.24) is 9.80 Å². The number of rotatable bonds is 1. The zero-order chi connectivity index (χ0) is 13.5. The molecule has 1 aliphatic carbocycles. The summed E-state index contributed by atoms with van der Waals surface area (Å²) in [5, 5.41) is 9.71. The average molecular weight is 268 g/mol. The van der Waals surface area contributed by atoms with E-state index in [-0.39, 0.29) is 17.6 Å². The number of hydrogen-bond acceptors (Lipinski definition) is 3. The molecule has 3 aliphatic rings. The van der Waals surface area contributed by atoms with E-state index >= 15 is 0 Å². The topological polar surface area (TPSA) is 53.0 Å². The Morgan fingerprint density at radius 2 is 2.05 bits per heavy atom. The summed E-state index contributed by atoms with van der Waals surface area (Å²) < 4.78 is 5.21. The van der Waals surface area contributed by atoms with Crippen LogP contribution in [0.5, 0.6) is 0 Å². The standard InChI is InChI=1S/C14H24N2O3/c1-15-10-14(6-3-2-4-7-14)16(13(15)18)11-5-8-19-12(17)9-11/h11-12,17H,2-10H2,1H3. The van der Waals surface area contributed by atoms with Gasteiger partial charge >= 0.3 is 6.03 Å². The molecule has 0 aromatic carbocycles. The molecule has 5 nitrogen and oxygen atoms in total. The van der Waals surface area contributed by atoms with Gasteiger partial charge in [-0.25, -0.2) is 4.79 Å². The molecule has 2 unspecified atom stereocenters. The van der Waals surface area contributed by atoms with Gasteiger partial charge in [-0.15, -0.1) is 0 Å². The van der Waals surface area contributed by atoms with Crippen LogP contribution in [-0.4, -0.2) is 59.0 Å². The summed E-state index contributed by atoms with van der Waals surface area (Å²) >= 11 is 0. The number of likely N-dealkylation sites (N-methyl/N-ethyl adjacent to an activating group) is 1. The maximum atomic E-state index is 12.5. The molecule has 2 heterocycles. The molecule has 2 atom stereocenters. The first-order valence-electron chi connectivity index (χ1n) is 7.46. The molecule has 0 radical (unpaired) electrons. The second-order valence-electron chi connectivity index (χ2n) is 6.30. The van der Waals surface area contributed by atoms with E-state index in [1.165, 1.54) is 19.3 Å². The van der Waals surface area contributed by atoms with Crippen molar-refractivity contribution in [3.05, 3.63) is 0 Å². The van der Waals surface area contributed by atoms with Crippen LogP contribution in [0.3, 0.4) is 0 Å². The van der Waals surface area contributed by atoms with Gasteiger partial charge in [-0.05, 0) is 19.3 Å². The van der Waals surface area contributed by atoms with Crippen LogP contribution in [0.25, 0.3) is 0 Å². The predicted molar refractivity (Wildman–Crippen MR) is 70.7 cm³/mol. The lowest BCUT2D eigenvalue weighted by Crippen LogP contribution is -2.55. The van der Waals surface area contributed by atoms with Crippen molar-refractivity contribution < 1.29 is 14.6 Å². The minimum absolute atomic E-state index is 0.0197. The molecule has 19 heavy (non-hydrogen) atoms. The van der Waals surface area contributed by atoms with E-state index in [4.69, 9.17) is 4.74 Å². The Labute approximate surface area is 114 Å². The van der Waals surface area contributed by atoms with E-state index in [2.05, 4.69) is 4.90 Å². The fourth-order valence-corrected chi connectivity index (χ4v) is 4.12. The van der Waals surface area contributed by atoms with E-state index in [1.807, 2.05) is 11.9 Å². The van der Waals surface area contributed by atoms with E-state index < -0.39 is 6.29 Å². The van der Waals surface area contributed by atoms with E-state index in [1.54, 1.807) is 0 Å². The zero-order valence-corrected chi connectivity index (χ0v) is 11.7. The lowest BCUT2D eigenvalue weighted by molar-refractivity contribution is -0.145. The molecule has 2 aliphatic heterocycles. The fraction of sp³-hybridized carbons (Fsp3) is 0.929. The Bertz CT molecular complexity index is 355. The third kappa shape index (κ3) is 2.23. The predicted octanol–water partition coefficient (Wildman–Crippen LogP) is 1.55. The monoisotopic (exact) mass is 268 g/mol. The van der Waals surface area contributed by atoms with Crippen LogP contribution in [0.1, 0.15) is 44.9 Å². The molecule has 108 valence electrons. The van der Waals surface area contributed by atoms with E-state index in [0.29, 0.717) is 13.0 Å². The Kier molecular flexibility index (Phi) is 3.43. The Hall–Kier alpha value is -0.810. The van der Waals surface area contributed by atoms with Gasteiger partial charge in [0.05, 0.1) is 12.1 Å². The quantitative estimate of drug-likeness (QED) is 0.785. The first-order chi connectivity index (χ1) is 9.12. The summed E-state index contributed by atoms with van der Waals surface area (Å²) in [6.45, 7) is 1.40. The number of hydrogen-bond donors (Lipinski definition) is 1. The van der Waals surface area contributed by atoms with Crippen LogP contribution < -0.4 is 0 Å². The highest BCUT2D eigenvalue weighted by Crippen LogP contribution is 2.41. The maximum Gasteiger partial charge on any atom is 0.320 e. The summed E-state index contributed by atoms with van der Waals surface area (Å²) in [5.41, 5.74) is 0.0197. The third-order valence-corrected chi connectivity index (χ3v) is 4.96. The Morgan fingerprint density at radius 1 is 1.32 bits per heavy atom. The van der Waals surface area contributed by atoms with Gasteiger partial charge in [0.15, 0.2) is 6.29 Å². The summed E-state index contributed by atoms with van der Waals surface area (Å²) in [5.74, 6) is 0. The Morgan fingerprint density at radius 3 is 2.74 bits per heavy atom. The number of amides is 2. The van der Waals surface area contributed by atoms with Gasteiger partial charge in [0.25, 0.3) is 0 Å². The summed E-state index contributed by atoms with van der Waals surface area (Å²) in [7, 11) is 1.90. The molecule has 5 heteroatoms. The second kappa shape index (κ2) is 4.94. The van der Waals surface area contributed by atoms with Gasteiger partial charge in [-0.3, -0.25) is 0 Å². The molecule has 2 amide bonds. The minimum Gasteiger partial charge on any atom is -0.368 e. The van der Waals surface area contributed by atoms with Gasteiger partial charge in [0.1, 0.15) is 0 Å². The van der Waals surface area contributed by atoms with E-state index in [9.17, 15) is 9.90 Å². The highest BCUT2D eigenvalue weighted by Gasteiger charge is 2.51. The number of carbonyl (C=O) groups is 1. The molecule has 1 spiro atoms. The number of ether oxygens (including phenoxy) is 1.